The largest absolute Gasteiger partial charge is 0.395 e. The summed E-state index contributed by atoms with van der Waals surface area (Å²) in [6.07, 6.45) is 4.66. The van der Waals surface area contributed by atoms with Crippen molar-refractivity contribution in [3.05, 3.63) is 22.8 Å². The Kier molecular flexibility index (Phi) is 6.38. The van der Waals surface area contributed by atoms with Gasteiger partial charge in [0, 0.05) is 31.4 Å². The maximum atomic E-state index is 13.1. The molecule has 0 bridgehead atoms. The van der Waals surface area contributed by atoms with E-state index in [4.69, 9.17) is 11.6 Å². The van der Waals surface area contributed by atoms with Gasteiger partial charge in [-0.3, -0.25) is 9.59 Å². The van der Waals surface area contributed by atoms with Gasteiger partial charge in [-0.2, -0.15) is 0 Å². The summed E-state index contributed by atoms with van der Waals surface area (Å²) in [5.74, 6) is 5.80. The lowest BCUT2D eigenvalue weighted by Gasteiger charge is -2.34. The molecule has 1 aliphatic heterocycles. The Morgan fingerprint density at radius 1 is 1.52 bits per heavy atom. The molecule has 25 heavy (non-hydrogen) atoms. The Morgan fingerprint density at radius 2 is 2.24 bits per heavy atom. The van der Waals surface area contributed by atoms with Gasteiger partial charge in [-0.15, -0.1) is 11.3 Å². The second-order valence-electron chi connectivity index (χ2n) is 6.36. The Bertz CT molecular complexity index is 631. The highest BCUT2D eigenvalue weighted by molar-refractivity contribution is 7.10. The van der Waals surface area contributed by atoms with Gasteiger partial charge in [0.25, 0.3) is 0 Å². The molecule has 9 heteroatoms. The average Bonchev–Trinajstić information content (AvgIpc) is 3.24. The first-order valence-corrected chi connectivity index (χ1v) is 9.17. The van der Waals surface area contributed by atoms with Crippen LogP contribution in [0.25, 0.3) is 5.70 Å². The normalized spacial score (nSPS) is 19.2. The number of rotatable bonds is 6. The van der Waals surface area contributed by atoms with E-state index in [0.29, 0.717) is 23.7 Å². The van der Waals surface area contributed by atoms with Crippen LogP contribution in [0.4, 0.5) is 0 Å². The van der Waals surface area contributed by atoms with Gasteiger partial charge >= 0.3 is 0 Å². The third-order valence-electron chi connectivity index (χ3n) is 4.26. The number of carbonyl (C=O) groups excluding carboxylic acids is 2. The monoisotopic (exact) mass is 366 g/mol. The fourth-order valence-electron chi connectivity index (χ4n) is 3.06. The standard InChI is InChI=1S/C16H26N6O2S/c1-10(2)13(22(18)9-11(17)15-20-6-8-25-15)16(24)21-7-4-5-12(21)14(23)19-3/h6,8-10,12-13H,4-5,7,17-18H2,1-3H3,(H,19,23)/b11-9-. The first-order valence-electron chi connectivity index (χ1n) is 8.29. The van der Waals surface area contributed by atoms with Gasteiger partial charge in [-0.05, 0) is 18.8 Å². The van der Waals surface area contributed by atoms with Crippen molar-refractivity contribution in [3.63, 3.8) is 0 Å². The fourth-order valence-corrected chi connectivity index (χ4v) is 3.62. The van der Waals surface area contributed by atoms with Crippen molar-refractivity contribution >= 4 is 28.8 Å². The maximum absolute atomic E-state index is 13.1. The van der Waals surface area contributed by atoms with Crippen LogP contribution in [-0.2, 0) is 9.59 Å². The zero-order chi connectivity index (χ0) is 18.6. The fraction of sp³-hybridized carbons (Fsp3) is 0.562. The molecule has 2 atom stereocenters. The number of nitrogens with zero attached hydrogens (tertiary/aromatic N) is 3. The first kappa shape index (κ1) is 19.2. The molecule has 1 aromatic rings. The van der Waals surface area contributed by atoms with Crippen LogP contribution in [0.1, 0.15) is 31.7 Å². The molecule has 0 aromatic carbocycles. The van der Waals surface area contributed by atoms with Crippen LogP contribution in [0.2, 0.25) is 0 Å². The topological polar surface area (TPSA) is 118 Å². The first-order chi connectivity index (χ1) is 11.9. The van der Waals surface area contributed by atoms with Gasteiger partial charge in [-0.1, -0.05) is 13.8 Å². The van der Waals surface area contributed by atoms with Crippen LogP contribution in [-0.4, -0.2) is 52.4 Å². The molecular weight excluding hydrogens is 340 g/mol. The minimum Gasteiger partial charge on any atom is -0.395 e. The van der Waals surface area contributed by atoms with E-state index in [-0.39, 0.29) is 17.7 Å². The summed E-state index contributed by atoms with van der Waals surface area (Å²) in [6.45, 7) is 4.39. The molecule has 8 nitrogen and oxygen atoms in total. The molecule has 0 radical (unpaired) electrons. The lowest BCUT2D eigenvalue weighted by Crippen LogP contribution is -2.55. The van der Waals surface area contributed by atoms with Crippen molar-refractivity contribution in [2.75, 3.05) is 13.6 Å². The van der Waals surface area contributed by atoms with Crippen molar-refractivity contribution in [2.24, 2.45) is 17.5 Å². The second kappa shape index (κ2) is 8.30. The van der Waals surface area contributed by atoms with Gasteiger partial charge in [0.2, 0.25) is 11.8 Å². The number of hydrogen-bond acceptors (Lipinski definition) is 7. The molecular formula is C16H26N6O2S. The summed E-state index contributed by atoms with van der Waals surface area (Å²) in [6, 6.07) is -1.05. The zero-order valence-corrected chi connectivity index (χ0v) is 15.6. The van der Waals surface area contributed by atoms with Gasteiger partial charge in [0.1, 0.15) is 17.1 Å². The molecule has 0 aliphatic carbocycles. The van der Waals surface area contributed by atoms with E-state index in [1.54, 1.807) is 18.1 Å². The Hall–Kier alpha value is -2.13. The van der Waals surface area contributed by atoms with E-state index in [1.807, 2.05) is 19.2 Å². The number of nitrogens with one attached hydrogen (secondary N) is 1. The highest BCUT2D eigenvalue weighted by atomic mass is 32.1. The van der Waals surface area contributed by atoms with Crippen LogP contribution in [0.5, 0.6) is 0 Å². The third-order valence-corrected chi connectivity index (χ3v) is 5.08. The molecule has 0 spiro atoms. The number of likely N-dealkylation sites (N-methyl/N-ethyl adjacent to an activating group) is 1. The molecule has 2 unspecified atom stereocenters. The van der Waals surface area contributed by atoms with E-state index < -0.39 is 12.1 Å². The molecule has 5 N–H and O–H groups in total. The van der Waals surface area contributed by atoms with Crippen molar-refractivity contribution in [1.82, 2.24) is 20.2 Å². The molecule has 1 aromatic heterocycles. The molecule has 1 fully saturated rings. The third kappa shape index (κ3) is 4.29. The second-order valence-corrected chi connectivity index (χ2v) is 7.26. The molecule has 138 valence electrons. The SMILES string of the molecule is CNC(=O)C1CCCN1C(=O)C(C(C)C)N(N)/C=C(\N)c1nccs1. The number of hydrogen-bond donors (Lipinski definition) is 3. The molecule has 2 heterocycles. The van der Waals surface area contributed by atoms with Gasteiger partial charge < -0.3 is 21.0 Å². The maximum Gasteiger partial charge on any atom is 0.247 e. The summed E-state index contributed by atoms with van der Waals surface area (Å²) in [4.78, 5) is 30.9. The van der Waals surface area contributed by atoms with Crippen LogP contribution in [0.3, 0.4) is 0 Å². The number of nitrogens with two attached hydrogens (primary N) is 2. The number of likely N-dealkylation sites (tertiary alicyclic amines) is 1. The van der Waals surface area contributed by atoms with Gasteiger partial charge in [0.15, 0.2) is 0 Å². The average molecular weight is 366 g/mol. The lowest BCUT2D eigenvalue weighted by molar-refractivity contribution is -0.143. The lowest BCUT2D eigenvalue weighted by atomic mass is 10.0. The van der Waals surface area contributed by atoms with Crippen LogP contribution in [0, 0.1) is 5.92 Å². The Morgan fingerprint density at radius 3 is 2.80 bits per heavy atom. The number of thiazole rings is 1. The molecule has 1 saturated heterocycles. The minimum absolute atomic E-state index is 0.0521. The predicted molar refractivity (Wildman–Crippen MR) is 97.7 cm³/mol. The van der Waals surface area contributed by atoms with Crippen molar-refractivity contribution < 1.29 is 9.59 Å². The molecule has 0 saturated carbocycles. The predicted octanol–water partition coefficient (Wildman–Crippen LogP) is 0.338. The zero-order valence-electron chi connectivity index (χ0n) is 14.8. The van der Waals surface area contributed by atoms with E-state index in [0.717, 1.165) is 6.42 Å². The molecule has 1 aliphatic rings. The molecule has 2 amide bonds. The highest BCUT2D eigenvalue weighted by Gasteiger charge is 2.39. The Balaban J connectivity index is 2.20. The van der Waals surface area contributed by atoms with Crippen LogP contribution >= 0.6 is 11.3 Å². The van der Waals surface area contributed by atoms with Crippen molar-refractivity contribution in [2.45, 2.75) is 38.8 Å². The summed E-state index contributed by atoms with van der Waals surface area (Å²) >= 11 is 1.40. The smallest absolute Gasteiger partial charge is 0.247 e. The van der Waals surface area contributed by atoms with E-state index in [9.17, 15) is 9.59 Å². The van der Waals surface area contributed by atoms with E-state index in [1.165, 1.54) is 22.5 Å². The van der Waals surface area contributed by atoms with Gasteiger partial charge in [0.05, 0.1) is 5.70 Å². The van der Waals surface area contributed by atoms with Crippen molar-refractivity contribution in [3.8, 4) is 0 Å². The quantitative estimate of drug-likeness (QED) is 0.493. The van der Waals surface area contributed by atoms with Gasteiger partial charge in [-0.25, -0.2) is 10.8 Å². The molecule has 2 rings (SSSR count). The van der Waals surface area contributed by atoms with E-state index >= 15 is 0 Å². The number of hydrazine groups is 1. The number of amides is 2. The number of carbonyl (C=O) groups is 2. The summed E-state index contributed by atoms with van der Waals surface area (Å²) < 4.78 is 0. The van der Waals surface area contributed by atoms with E-state index in [2.05, 4.69) is 10.3 Å². The summed E-state index contributed by atoms with van der Waals surface area (Å²) in [5.41, 5.74) is 6.43. The summed E-state index contributed by atoms with van der Waals surface area (Å²) in [5, 5.41) is 6.43. The van der Waals surface area contributed by atoms with Crippen LogP contribution < -0.4 is 16.9 Å². The minimum atomic E-state index is -0.608. The Labute approximate surface area is 151 Å². The summed E-state index contributed by atoms with van der Waals surface area (Å²) in [7, 11) is 1.58. The van der Waals surface area contributed by atoms with Crippen molar-refractivity contribution in [1.29, 1.82) is 0 Å². The number of aromatic nitrogens is 1. The van der Waals surface area contributed by atoms with Crippen LogP contribution in [0.15, 0.2) is 17.8 Å². The highest BCUT2D eigenvalue weighted by Crippen LogP contribution is 2.23.